The van der Waals surface area contributed by atoms with E-state index < -0.39 is 0 Å². The van der Waals surface area contributed by atoms with Crippen LogP contribution in [0.1, 0.15) is 56.3 Å². The third kappa shape index (κ3) is 6.40. The van der Waals surface area contributed by atoms with Crippen molar-refractivity contribution in [1.29, 1.82) is 0 Å². The normalized spacial score (nSPS) is 11.0. The van der Waals surface area contributed by atoms with Gasteiger partial charge in [-0.15, -0.1) is 0 Å². The van der Waals surface area contributed by atoms with Crippen LogP contribution in [0.25, 0.3) is 0 Å². The number of halogens is 1. The van der Waals surface area contributed by atoms with Crippen molar-refractivity contribution in [3.8, 4) is 5.75 Å². The molecule has 5 heteroatoms. The summed E-state index contributed by atoms with van der Waals surface area (Å²) in [5, 5.41) is 0.395. The smallest absolute Gasteiger partial charge is 0.166 e. The molecule has 2 N–H and O–H groups in total. The highest BCUT2D eigenvalue weighted by molar-refractivity contribution is 6.33. The van der Waals surface area contributed by atoms with Gasteiger partial charge in [0.2, 0.25) is 0 Å². The van der Waals surface area contributed by atoms with E-state index in [0.717, 1.165) is 32.5 Å². The molecule has 0 aliphatic heterocycles. The maximum atomic E-state index is 12.4. The standard InChI is InChI=1S/C18H29ClN2O2/c1-4-9-21(10-5-2)11-7-6-8-17(22)14-12-15(19)16(20)13-18(14)23-3/h12-13H,4-11,20H2,1-3H3. The van der Waals surface area contributed by atoms with Crippen LogP contribution < -0.4 is 10.5 Å². The van der Waals surface area contributed by atoms with E-state index in [0.29, 0.717) is 28.4 Å². The highest BCUT2D eigenvalue weighted by Gasteiger charge is 2.15. The SMILES string of the molecule is CCCN(CCC)CCCCC(=O)c1cc(Cl)c(N)cc1OC. The minimum absolute atomic E-state index is 0.0567. The summed E-state index contributed by atoms with van der Waals surface area (Å²) in [6.07, 6.45) is 4.73. The van der Waals surface area contributed by atoms with E-state index in [4.69, 9.17) is 22.1 Å². The summed E-state index contributed by atoms with van der Waals surface area (Å²) in [5.74, 6) is 0.553. The second-order valence-corrected chi connectivity index (χ2v) is 6.20. The minimum atomic E-state index is 0.0567. The quantitative estimate of drug-likeness (QED) is 0.368. The van der Waals surface area contributed by atoms with Crippen LogP contribution in [-0.2, 0) is 0 Å². The van der Waals surface area contributed by atoms with E-state index in [1.54, 1.807) is 12.1 Å². The van der Waals surface area contributed by atoms with Gasteiger partial charge < -0.3 is 15.4 Å². The Labute approximate surface area is 144 Å². The van der Waals surface area contributed by atoms with E-state index in [2.05, 4.69) is 18.7 Å². The molecule has 23 heavy (non-hydrogen) atoms. The molecule has 1 rings (SSSR count). The lowest BCUT2D eigenvalue weighted by atomic mass is 10.0. The largest absolute Gasteiger partial charge is 0.496 e. The van der Waals surface area contributed by atoms with Crippen LogP contribution >= 0.6 is 11.6 Å². The highest BCUT2D eigenvalue weighted by Crippen LogP contribution is 2.30. The Balaban J connectivity index is 2.52. The average Bonchev–Trinajstić information content (AvgIpc) is 2.53. The Kier molecular flexibility index (Phi) is 9.03. The van der Waals surface area contributed by atoms with Crippen LogP contribution in [-0.4, -0.2) is 37.4 Å². The van der Waals surface area contributed by atoms with Gasteiger partial charge in [0.25, 0.3) is 0 Å². The van der Waals surface area contributed by atoms with E-state index >= 15 is 0 Å². The van der Waals surface area contributed by atoms with Crippen LogP contribution in [0.15, 0.2) is 12.1 Å². The second kappa shape index (κ2) is 10.5. The fraction of sp³-hybridized carbons (Fsp3) is 0.611. The van der Waals surface area contributed by atoms with Gasteiger partial charge in [0.1, 0.15) is 5.75 Å². The molecule has 0 amide bonds. The van der Waals surface area contributed by atoms with Crippen molar-refractivity contribution in [2.24, 2.45) is 0 Å². The van der Waals surface area contributed by atoms with Crippen molar-refractivity contribution in [2.75, 3.05) is 32.5 Å². The molecule has 130 valence electrons. The van der Waals surface area contributed by atoms with Gasteiger partial charge in [-0.25, -0.2) is 0 Å². The number of anilines is 1. The Hall–Kier alpha value is -1.26. The van der Waals surface area contributed by atoms with Crippen molar-refractivity contribution >= 4 is 23.1 Å². The van der Waals surface area contributed by atoms with Crippen molar-refractivity contribution in [3.63, 3.8) is 0 Å². The fourth-order valence-corrected chi connectivity index (χ4v) is 2.84. The third-order valence-electron chi connectivity index (χ3n) is 3.83. The Bertz CT molecular complexity index is 500. The molecule has 0 aliphatic carbocycles. The van der Waals surface area contributed by atoms with Gasteiger partial charge in [-0.1, -0.05) is 25.4 Å². The molecule has 0 atom stereocenters. The number of nitrogen functional groups attached to an aromatic ring is 1. The van der Waals surface area contributed by atoms with Crippen LogP contribution in [0.5, 0.6) is 5.75 Å². The van der Waals surface area contributed by atoms with Crippen molar-refractivity contribution in [1.82, 2.24) is 4.90 Å². The number of nitrogens with zero attached hydrogens (tertiary/aromatic N) is 1. The zero-order chi connectivity index (χ0) is 17.2. The average molecular weight is 341 g/mol. The van der Waals surface area contributed by atoms with Gasteiger partial charge in [-0.05, 0) is 51.4 Å². The molecule has 0 spiro atoms. The lowest BCUT2D eigenvalue weighted by Gasteiger charge is -2.20. The number of benzene rings is 1. The third-order valence-corrected chi connectivity index (χ3v) is 4.15. The first-order chi connectivity index (χ1) is 11.0. The van der Waals surface area contributed by atoms with Crippen LogP contribution in [0, 0.1) is 0 Å². The molecule has 0 fully saturated rings. The molecule has 0 bridgehead atoms. The number of nitrogens with two attached hydrogens (primary N) is 1. The molecule has 0 heterocycles. The molecule has 0 aromatic heterocycles. The number of ketones is 1. The first kappa shape index (κ1) is 19.8. The lowest BCUT2D eigenvalue weighted by molar-refractivity contribution is 0.0975. The number of methoxy groups -OCH3 is 1. The first-order valence-electron chi connectivity index (χ1n) is 8.42. The van der Waals surface area contributed by atoms with E-state index in [1.807, 2.05) is 0 Å². The van der Waals surface area contributed by atoms with Gasteiger partial charge in [-0.2, -0.15) is 0 Å². The van der Waals surface area contributed by atoms with Gasteiger partial charge >= 0.3 is 0 Å². The van der Waals surface area contributed by atoms with Crippen LogP contribution in [0.4, 0.5) is 5.69 Å². The van der Waals surface area contributed by atoms with E-state index in [1.165, 1.54) is 20.0 Å². The molecule has 0 saturated carbocycles. The van der Waals surface area contributed by atoms with Crippen LogP contribution in [0.2, 0.25) is 5.02 Å². The molecule has 4 nitrogen and oxygen atoms in total. The second-order valence-electron chi connectivity index (χ2n) is 5.80. The summed E-state index contributed by atoms with van der Waals surface area (Å²) in [4.78, 5) is 14.9. The minimum Gasteiger partial charge on any atom is -0.496 e. The number of rotatable bonds is 11. The number of Topliss-reactive ketones (excluding diaryl/α,β-unsaturated/α-hetero) is 1. The summed E-state index contributed by atoms with van der Waals surface area (Å²) in [6.45, 7) is 7.70. The number of ether oxygens (including phenoxy) is 1. The monoisotopic (exact) mass is 340 g/mol. The summed E-state index contributed by atoms with van der Waals surface area (Å²) in [6, 6.07) is 3.22. The molecule has 0 radical (unpaired) electrons. The van der Waals surface area contributed by atoms with E-state index in [-0.39, 0.29) is 5.78 Å². The Morgan fingerprint density at radius 2 is 1.83 bits per heavy atom. The molecule has 0 unspecified atom stereocenters. The van der Waals surface area contributed by atoms with Gasteiger partial charge in [0.05, 0.1) is 23.4 Å². The fourth-order valence-electron chi connectivity index (χ4n) is 2.68. The summed E-state index contributed by atoms with van der Waals surface area (Å²) >= 11 is 6.02. The van der Waals surface area contributed by atoms with Gasteiger partial charge in [0.15, 0.2) is 5.78 Å². The van der Waals surface area contributed by atoms with Gasteiger partial charge in [-0.3, -0.25) is 4.79 Å². The highest BCUT2D eigenvalue weighted by atomic mass is 35.5. The summed E-state index contributed by atoms with van der Waals surface area (Å²) < 4.78 is 5.24. The maximum Gasteiger partial charge on any atom is 0.166 e. The maximum absolute atomic E-state index is 12.4. The molecule has 0 saturated heterocycles. The zero-order valence-corrected chi connectivity index (χ0v) is 15.3. The number of unbranched alkanes of at least 4 members (excludes halogenated alkanes) is 1. The number of carbonyl (C=O) groups is 1. The summed E-state index contributed by atoms with van der Waals surface area (Å²) in [5.41, 5.74) is 6.69. The Morgan fingerprint density at radius 3 is 2.39 bits per heavy atom. The number of hydrogen-bond acceptors (Lipinski definition) is 4. The predicted octanol–water partition coefficient (Wildman–Crippen LogP) is 4.41. The zero-order valence-electron chi connectivity index (χ0n) is 14.5. The number of hydrogen-bond donors (Lipinski definition) is 1. The number of carbonyl (C=O) groups excluding carboxylic acids is 1. The summed E-state index contributed by atoms with van der Waals surface area (Å²) in [7, 11) is 1.53. The lowest BCUT2D eigenvalue weighted by Crippen LogP contribution is -2.26. The Morgan fingerprint density at radius 1 is 1.17 bits per heavy atom. The van der Waals surface area contributed by atoms with Crippen molar-refractivity contribution in [3.05, 3.63) is 22.7 Å². The van der Waals surface area contributed by atoms with Gasteiger partial charge in [0, 0.05) is 12.5 Å². The van der Waals surface area contributed by atoms with E-state index in [9.17, 15) is 4.79 Å². The van der Waals surface area contributed by atoms with Crippen molar-refractivity contribution in [2.45, 2.75) is 46.0 Å². The predicted molar refractivity (Wildman–Crippen MR) is 97.6 cm³/mol. The molecule has 1 aromatic carbocycles. The first-order valence-corrected chi connectivity index (χ1v) is 8.79. The molecular weight excluding hydrogens is 312 g/mol. The molecular formula is C18H29ClN2O2. The van der Waals surface area contributed by atoms with Crippen LogP contribution in [0.3, 0.4) is 0 Å². The molecule has 1 aromatic rings. The van der Waals surface area contributed by atoms with Crippen molar-refractivity contribution < 1.29 is 9.53 Å². The molecule has 0 aliphatic rings. The topological polar surface area (TPSA) is 55.6 Å².